The fraction of sp³-hybridized carbons (Fsp3) is 0.238. The highest BCUT2D eigenvalue weighted by molar-refractivity contribution is 5.99. The molecule has 26 heavy (non-hydrogen) atoms. The molecule has 5 nitrogen and oxygen atoms in total. The van der Waals surface area contributed by atoms with Crippen molar-refractivity contribution < 1.29 is 4.79 Å². The number of hydrazone groups is 1. The van der Waals surface area contributed by atoms with Gasteiger partial charge < -0.3 is 4.98 Å². The Balaban J connectivity index is 1.53. The summed E-state index contributed by atoms with van der Waals surface area (Å²) in [5, 5.41) is 8.85. The lowest BCUT2D eigenvalue weighted by molar-refractivity contribution is -0.123. The van der Waals surface area contributed by atoms with Crippen LogP contribution in [0.2, 0.25) is 0 Å². The maximum absolute atomic E-state index is 12.7. The Bertz CT molecular complexity index is 974. The minimum absolute atomic E-state index is 0.0844. The van der Waals surface area contributed by atoms with Crippen molar-refractivity contribution in [2.24, 2.45) is 5.10 Å². The summed E-state index contributed by atoms with van der Waals surface area (Å²) in [6.45, 7) is 3.97. The minimum Gasteiger partial charge on any atom is -0.357 e. The Morgan fingerprint density at radius 3 is 2.65 bits per heavy atom. The molecule has 2 atom stereocenters. The van der Waals surface area contributed by atoms with Gasteiger partial charge in [-0.05, 0) is 37.5 Å². The third kappa shape index (κ3) is 3.02. The second kappa shape index (κ2) is 6.77. The normalized spacial score (nSPS) is 20.0. The SMILES string of the molecule is CC(=NNC(=O)[C@@H]1Cc2c([nH]c3ccccc23)[C@H](C)N1)c1ccccc1. The van der Waals surface area contributed by atoms with Gasteiger partial charge in [-0.3, -0.25) is 10.1 Å². The van der Waals surface area contributed by atoms with E-state index < -0.39 is 0 Å². The van der Waals surface area contributed by atoms with Gasteiger partial charge in [0.1, 0.15) is 0 Å². The van der Waals surface area contributed by atoms with E-state index in [0.29, 0.717) is 6.42 Å². The Morgan fingerprint density at radius 1 is 1.12 bits per heavy atom. The third-order valence-electron chi connectivity index (χ3n) is 4.98. The van der Waals surface area contributed by atoms with Crippen LogP contribution in [0.1, 0.15) is 36.7 Å². The number of nitrogens with zero attached hydrogens (tertiary/aromatic N) is 1. The van der Waals surface area contributed by atoms with Crippen LogP contribution >= 0.6 is 0 Å². The van der Waals surface area contributed by atoms with Crippen LogP contribution in [0.4, 0.5) is 0 Å². The molecule has 0 spiro atoms. The van der Waals surface area contributed by atoms with Crippen LogP contribution in [0.3, 0.4) is 0 Å². The van der Waals surface area contributed by atoms with Gasteiger partial charge in [-0.2, -0.15) is 5.10 Å². The number of H-pyrrole nitrogens is 1. The largest absolute Gasteiger partial charge is 0.357 e. The number of carbonyl (C=O) groups is 1. The molecule has 4 rings (SSSR count). The summed E-state index contributed by atoms with van der Waals surface area (Å²) < 4.78 is 0. The van der Waals surface area contributed by atoms with Gasteiger partial charge in [0.25, 0.3) is 5.91 Å². The summed E-state index contributed by atoms with van der Waals surface area (Å²) >= 11 is 0. The van der Waals surface area contributed by atoms with E-state index in [1.807, 2.05) is 49.4 Å². The van der Waals surface area contributed by atoms with Crippen LogP contribution in [0.25, 0.3) is 10.9 Å². The molecule has 1 amide bonds. The molecule has 0 fully saturated rings. The predicted molar refractivity (Wildman–Crippen MR) is 104 cm³/mol. The zero-order valence-electron chi connectivity index (χ0n) is 14.9. The zero-order valence-corrected chi connectivity index (χ0v) is 14.9. The molecule has 1 aliphatic heterocycles. The summed E-state index contributed by atoms with van der Waals surface area (Å²) in [5.74, 6) is -0.108. The van der Waals surface area contributed by atoms with Gasteiger partial charge in [0, 0.05) is 22.6 Å². The first-order chi connectivity index (χ1) is 12.6. The summed E-state index contributed by atoms with van der Waals surface area (Å²) in [7, 11) is 0. The van der Waals surface area contributed by atoms with Crippen LogP contribution < -0.4 is 10.7 Å². The lowest BCUT2D eigenvalue weighted by atomic mass is 9.94. The van der Waals surface area contributed by atoms with Crippen LogP contribution in [0.5, 0.6) is 0 Å². The van der Waals surface area contributed by atoms with Crippen molar-refractivity contribution in [2.75, 3.05) is 0 Å². The van der Waals surface area contributed by atoms with E-state index in [1.54, 1.807) is 0 Å². The Morgan fingerprint density at radius 2 is 1.85 bits per heavy atom. The van der Waals surface area contributed by atoms with Crippen molar-refractivity contribution >= 4 is 22.5 Å². The van der Waals surface area contributed by atoms with E-state index in [2.05, 4.69) is 39.9 Å². The maximum Gasteiger partial charge on any atom is 0.257 e. The predicted octanol–water partition coefficient (Wildman–Crippen LogP) is 3.28. The highest BCUT2D eigenvalue weighted by Crippen LogP contribution is 2.31. The van der Waals surface area contributed by atoms with Crippen LogP contribution in [-0.4, -0.2) is 22.6 Å². The first-order valence-corrected chi connectivity index (χ1v) is 8.88. The van der Waals surface area contributed by atoms with Gasteiger partial charge in [-0.15, -0.1) is 0 Å². The monoisotopic (exact) mass is 346 g/mol. The van der Waals surface area contributed by atoms with Crippen LogP contribution in [0.15, 0.2) is 59.7 Å². The first kappa shape index (κ1) is 16.5. The number of benzene rings is 2. The molecule has 3 aromatic rings. The van der Waals surface area contributed by atoms with Gasteiger partial charge in [0.05, 0.1) is 11.8 Å². The average molecular weight is 346 g/mol. The molecule has 0 unspecified atom stereocenters. The molecule has 3 N–H and O–H groups in total. The van der Waals surface area contributed by atoms with Crippen molar-refractivity contribution in [3.05, 3.63) is 71.4 Å². The molecule has 2 aromatic carbocycles. The number of carbonyl (C=O) groups excluding carboxylic acids is 1. The standard InChI is InChI=1S/C21H22N4O/c1-13(15-8-4-3-5-9-15)24-25-21(26)19-12-17-16-10-6-7-11-18(16)23-20(17)14(2)22-19/h3-11,14,19,22-23H,12H2,1-2H3,(H,25,26)/t14-,19-/m0/s1. The number of aromatic nitrogens is 1. The number of amides is 1. The third-order valence-corrected chi connectivity index (χ3v) is 4.98. The van der Waals surface area contributed by atoms with Gasteiger partial charge in [0.15, 0.2) is 0 Å². The van der Waals surface area contributed by atoms with Crippen molar-refractivity contribution in [1.29, 1.82) is 0 Å². The fourth-order valence-electron chi connectivity index (χ4n) is 3.59. The molecule has 2 heterocycles. The van der Waals surface area contributed by atoms with E-state index in [0.717, 1.165) is 16.8 Å². The Kier molecular flexibility index (Phi) is 4.31. The van der Waals surface area contributed by atoms with E-state index in [1.165, 1.54) is 16.6 Å². The number of hydrogen-bond acceptors (Lipinski definition) is 3. The van der Waals surface area contributed by atoms with E-state index >= 15 is 0 Å². The highest BCUT2D eigenvalue weighted by Gasteiger charge is 2.30. The molecule has 0 saturated carbocycles. The lowest BCUT2D eigenvalue weighted by Crippen LogP contribution is -2.48. The summed E-state index contributed by atoms with van der Waals surface area (Å²) in [6, 6.07) is 17.8. The molecule has 0 bridgehead atoms. The van der Waals surface area contributed by atoms with E-state index in [9.17, 15) is 4.79 Å². The topological polar surface area (TPSA) is 69.3 Å². The molecule has 5 heteroatoms. The minimum atomic E-state index is -0.302. The van der Waals surface area contributed by atoms with Crippen LogP contribution in [-0.2, 0) is 11.2 Å². The van der Waals surface area contributed by atoms with Gasteiger partial charge in [0.2, 0.25) is 0 Å². The van der Waals surface area contributed by atoms with E-state index in [4.69, 9.17) is 0 Å². The highest BCUT2D eigenvalue weighted by atomic mass is 16.2. The Hall–Kier alpha value is -2.92. The average Bonchev–Trinajstić information content (AvgIpc) is 3.06. The van der Waals surface area contributed by atoms with Gasteiger partial charge in [-0.1, -0.05) is 48.5 Å². The fourth-order valence-corrected chi connectivity index (χ4v) is 3.59. The molecule has 1 aromatic heterocycles. The number of rotatable bonds is 3. The van der Waals surface area contributed by atoms with Crippen molar-refractivity contribution in [2.45, 2.75) is 32.4 Å². The molecule has 0 radical (unpaired) electrons. The zero-order chi connectivity index (χ0) is 18.1. The number of hydrogen-bond donors (Lipinski definition) is 3. The summed E-state index contributed by atoms with van der Waals surface area (Å²) in [5.41, 5.74) is 8.00. The quantitative estimate of drug-likeness (QED) is 0.503. The number of para-hydroxylation sites is 1. The number of nitrogens with one attached hydrogen (secondary N) is 3. The van der Waals surface area contributed by atoms with Crippen LogP contribution in [0, 0.1) is 0 Å². The molecule has 1 aliphatic rings. The second-order valence-corrected chi connectivity index (χ2v) is 6.75. The van der Waals surface area contributed by atoms with Crippen molar-refractivity contribution in [1.82, 2.24) is 15.7 Å². The smallest absolute Gasteiger partial charge is 0.257 e. The Labute approximate surface area is 152 Å². The van der Waals surface area contributed by atoms with Gasteiger partial charge >= 0.3 is 0 Å². The van der Waals surface area contributed by atoms with Crippen molar-refractivity contribution in [3.63, 3.8) is 0 Å². The second-order valence-electron chi connectivity index (χ2n) is 6.75. The molecule has 132 valence electrons. The summed E-state index contributed by atoms with van der Waals surface area (Å²) in [6.07, 6.45) is 0.648. The molecule has 0 aliphatic carbocycles. The molecular weight excluding hydrogens is 324 g/mol. The molecular formula is C21H22N4O. The first-order valence-electron chi connectivity index (χ1n) is 8.88. The number of fused-ring (bicyclic) bond motifs is 3. The van der Waals surface area contributed by atoms with Gasteiger partial charge in [-0.25, -0.2) is 5.43 Å². The maximum atomic E-state index is 12.7. The molecule has 0 saturated heterocycles. The van der Waals surface area contributed by atoms with Crippen molar-refractivity contribution in [3.8, 4) is 0 Å². The van der Waals surface area contributed by atoms with E-state index in [-0.39, 0.29) is 18.0 Å². The number of aromatic amines is 1. The summed E-state index contributed by atoms with van der Waals surface area (Å²) in [4.78, 5) is 16.1. The lowest BCUT2D eigenvalue weighted by Gasteiger charge is -2.28.